The second kappa shape index (κ2) is 7.32. The summed E-state index contributed by atoms with van der Waals surface area (Å²) in [6.45, 7) is -0.619. The Morgan fingerprint density at radius 1 is 1.52 bits per heavy atom. The lowest BCUT2D eigenvalue weighted by Crippen LogP contribution is -2.46. The van der Waals surface area contributed by atoms with Gasteiger partial charge in [0.1, 0.15) is 18.1 Å². The molecule has 0 spiro atoms. The third-order valence-electron chi connectivity index (χ3n) is 3.30. The lowest BCUT2D eigenvalue weighted by Gasteiger charge is -2.19. The number of phenols is 1. The van der Waals surface area contributed by atoms with Crippen LogP contribution < -0.4 is 5.73 Å². The molecule has 0 aromatic heterocycles. The predicted octanol–water partition coefficient (Wildman–Crippen LogP) is 0.224. The van der Waals surface area contributed by atoms with Gasteiger partial charge in [0.05, 0.1) is 11.0 Å². The van der Waals surface area contributed by atoms with E-state index in [0.29, 0.717) is 0 Å². The summed E-state index contributed by atoms with van der Waals surface area (Å²) in [7, 11) is 0. The Labute approximate surface area is 146 Å². The molecule has 4 N–H and O–H groups in total. The van der Waals surface area contributed by atoms with Gasteiger partial charge in [-0.05, 0) is 17.7 Å². The van der Waals surface area contributed by atoms with Gasteiger partial charge in [0.25, 0.3) is 5.91 Å². The largest absolute Gasteiger partial charge is 0.502 e. The van der Waals surface area contributed by atoms with Gasteiger partial charge in [-0.3, -0.25) is 24.6 Å². The Morgan fingerprint density at radius 3 is 2.76 bits per heavy atom. The molecule has 1 amide bonds. The van der Waals surface area contributed by atoms with Crippen LogP contribution >= 0.6 is 12.6 Å². The number of nitro benzene ring substituents is 1. The summed E-state index contributed by atoms with van der Waals surface area (Å²) in [5.74, 6) is -2.25. The van der Waals surface area contributed by atoms with E-state index >= 15 is 0 Å². The second-order valence-electron chi connectivity index (χ2n) is 5.08. The topological polar surface area (TPSA) is 159 Å². The number of nitrogens with zero attached hydrogens (tertiary/aromatic N) is 3. The van der Waals surface area contributed by atoms with E-state index in [-0.39, 0.29) is 22.8 Å². The second-order valence-corrected chi connectivity index (χ2v) is 5.44. The fourth-order valence-corrected chi connectivity index (χ4v) is 2.32. The number of amidine groups is 1. The van der Waals surface area contributed by atoms with Crippen LogP contribution in [0, 0.1) is 10.1 Å². The third kappa shape index (κ3) is 3.95. The van der Waals surface area contributed by atoms with Crippen molar-refractivity contribution in [1.82, 2.24) is 4.90 Å². The summed E-state index contributed by atoms with van der Waals surface area (Å²) in [5, 5.41) is 29.2. The molecule has 2 rings (SSSR count). The van der Waals surface area contributed by atoms with E-state index in [1.807, 2.05) is 0 Å². The molecule has 0 bridgehead atoms. The normalized spacial score (nSPS) is 16.9. The molecule has 0 unspecified atom stereocenters. The number of hydrogen-bond donors (Lipinski definition) is 4. The lowest BCUT2D eigenvalue weighted by molar-refractivity contribution is -0.385. The molecule has 1 atom stereocenters. The minimum absolute atomic E-state index is 0.0573. The van der Waals surface area contributed by atoms with Crippen LogP contribution in [0.4, 0.5) is 5.69 Å². The van der Waals surface area contributed by atoms with Crippen LogP contribution in [0.1, 0.15) is 5.56 Å². The van der Waals surface area contributed by atoms with Crippen LogP contribution in [0.3, 0.4) is 0 Å². The molecule has 1 aromatic rings. The van der Waals surface area contributed by atoms with E-state index in [4.69, 9.17) is 10.8 Å². The minimum atomic E-state index is -1.24. The maximum absolute atomic E-state index is 12.4. The number of rotatable bonds is 6. The molecule has 0 saturated heterocycles. The number of carboxylic acid groups (broad SMARTS) is 1. The summed E-state index contributed by atoms with van der Waals surface area (Å²) in [5.41, 5.74) is 5.40. The Balaban J connectivity index is 2.44. The van der Waals surface area contributed by atoms with Crippen molar-refractivity contribution in [2.24, 2.45) is 10.7 Å². The summed E-state index contributed by atoms with van der Waals surface area (Å²) in [4.78, 5) is 38.4. The first kappa shape index (κ1) is 18.4. The quantitative estimate of drug-likeness (QED) is 0.242. The molecule has 1 aromatic carbocycles. The predicted molar refractivity (Wildman–Crippen MR) is 91.4 cm³/mol. The zero-order valence-electron chi connectivity index (χ0n) is 12.7. The minimum Gasteiger partial charge on any atom is -0.502 e. The highest BCUT2D eigenvalue weighted by Crippen LogP contribution is 2.28. The highest BCUT2D eigenvalue weighted by atomic mass is 32.1. The van der Waals surface area contributed by atoms with Crippen LogP contribution in [0.25, 0.3) is 6.08 Å². The van der Waals surface area contributed by atoms with Crippen molar-refractivity contribution in [3.63, 3.8) is 0 Å². The van der Waals surface area contributed by atoms with Crippen molar-refractivity contribution < 1.29 is 24.7 Å². The summed E-state index contributed by atoms with van der Waals surface area (Å²) in [6, 6.07) is 2.79. The summed E-state index contributed by atoms with van der Waals surface area (Å²) >= 11 is 4.01. The van der Waals surface area contributed by atoms with Gasteiger partial charge < -0.3 is 15.9 Å². The Morgan fingerprint density at radius 2 is 2.20 bits per heavy atom. The van der Waals surface area contributed by atoms with E-state index in [1.165, 1.54) is 12.1 Å². The van der Waals surface area contributed by atoms with E-state index in [0.717, 1.165) is 17.0 Å². The first-order chi connectivity index (χ1) is 11.7. The van der Waals surface area contributed by atoms with Gasteiger partial charge in [-0.2, -0.15) is 12.6 Å². The SMILES string of the molecule is N[C@H](CS)C1=N/C(=C\c2ccc(O)c([N+](=O)[O-])c2)C(=O)N1CC(=O)O. The van der Waals surface area contributed by atoms with Gasteiger partial charge in [-0.1, -0.05) is 6.07 Å². The number of thiol groups is 1. The molecular formula is C14H14N4O6S. The lowest BCUT2D eigenvalue weighted by atomic mass is 10.1. The fraction of sp³-hybridized carbons (Fsp3) is 0.214. The number of carboxylic acids is 1. The maximum atomic E-state index is 12.4. The van der Waals surface area contributed by atoms with Gasteiger partial charge >= 0.3 is 11.7 Å². The molecule has 1 aliphatic rings. The van der Waals surface area contributed by atoms with Gasteiger partial charge in [0.15, 0.2) is 5.75 Å². The van der Waals surface area contributed by atoms with Crippen molar-refractivity contribution in [3.05, 3.63) is 39.6 Å². The highest BCUT2D eigenvalue weighted by Gasteiger charge is 2.34. The zero-order valence-corrected chi connectivity index (χ0v) is 13.6. The number of aliphatic imine (C=N–C) groups is 1. The van der Waals surface area contributed by atoms with Crippen LogP contribution in [-0.4, -0.2) is 56.1 Å². The molecule has 10 nitrogen and oxygen atoms in total. The van der Waals surface area contributed by atoms with Crippen molar-refractivity contribution in [1.29, 1.82) is 0 Å². The number of nitrogens with two attached hydrogens (primary N) is 1. The average Bonchev–Trinajstić information content (AvgIpc) is 2.84. The molecular weight excluding hydrogens is 352 g/mol. The van der Waals surface area contributed by atoms with Crippen molar-refractivity contribution in [2.45, 2.75) is 6.04 Å². The smallest absolute Gasteiger partial charge is 0.323 e. The van der Waals surface area contributed by atoms with Crippen LogP contribution in [0.5, 0.6) is 5.75 Å². The monoisotopic (exact) mass is 366 g/mol. The van der Waals surface area contributed by atoms with E-state index in [2.05, 4.69) is 17.6 Å². The fourth-order valence-electron chi connectivity index (χ4n) is 2.16. The van der Waals surface area contributed by atoms with E-state index < -0.39 is 40.8 Å². The Hall–Kier alpha value is -2.92. The van der Waals surface area contributed by atoms with E-state index in [9.17, 15) is 24.8 Å². The highest BCUT2D eigenvalue weighted by molar-refractivity contribution is 7.80. The number of benzene rings is 1. The third-order valence-corrected chi connectivity index (χ3v) is 3.69. The first-order valence-corrected chi connectivity index (χ1v) is 7.55. The van der Waals surface area contributed by atoms with Gasteiger partial charge in [0.2, 0.25) is 0 Å². The number of phenolic OH excluding ortho intramolecular Hbond substituents is 1. The molecule has 132 valence electrons. The number of carbonyl (C=O) groups excluding carboxylic acids is 1. The molecule has 25 heavy (non-hydrogen) atoms. The zero-order chi connectivity index (χ0) is 18.7. The summed E-state index contributed by atoms with van der Waals surface area (Å²) < 4.78 is 0. The Bertz CT molecular complexity index is 807. The van der Waals surface area contributed by atoms with Crippen LogP contribution in [0.2, 0.25) is 0 Å². The van der Waals surface area contributed by atoms with Crippen LogP contribution in [0.15, 0.2) is 28.9 Å². The number of aliphatic carboxylic acids is 1. The van der Waals surface area contributed by atoms with Gasteiger partial charge in [-0.25, -0.2) is 4.99 Å². The maximum Gasteiger partial charge on any atom is 0.323 e. The van der Waals surface area contributed by atoms with Crippen molar-refractivity contribution >= 4 is 42.1 Å². The molecule has 11 heteroatoms. The van der Waals surface area contributed by atoms with Crippen molar-refractivity contribution in [2.75, 3.05) is 12.3 Å². The summed E-state index contributed by atoms with van der Waals surface area (Å²) in [6.07, 6.45) is 1.25. The molecule has 1 aliphatic heterocycles. The Kier molecular flexibility index (Phi) is 5.39. The number of aromatic hydroxyl groups is 1. The number of hydrogen-bond acceptors (Lipinski definition) is 8. The average molecular weight is 366 g/mol. The molecule has 0 aliphatic carbocycles. The van der Waals surface area contributed by atoms with Crippen LogP contribution in [-0.2, 0) is 9.59 Å². The molecule has 0 saturated carbocycles. The number of amides is 1. The standard InChI is InChI=1S/C14H14N4O6S/c15-8(6-25)13-16-9(14(22)17(13)5-12(20)21)3-7-1-2-11(19)10(4-7)18(23)24/h1-4,8,19,25H,5-6,15H2,(H,20,21)/b9-3-/t8-/m1/s1. The molecule has 0 fully saturated rings. The first-order valence-electron chi connectivity index (χ1n) is 6.92. The number of carbonyl (C=O) groups is 2. The van der Waals surface area contributed by atoms with E-state index in [1.54, 1.807) is 0 Å². The van der Waals surface area contributed by atoms with Gasteiger partial charge in [-0.15, -0.1) is 0 Å². The molecule has 1 heterocycles. The molecule has 0 radical (unpaired) electrons. The number of nitro groups is 1. The van der Waals surface area contributed by atoms with Crippen molar-refractivity contribution in [3.8, 4) is 5.75 Å². The van der Waals surface area contributed by atoms with Gasteiger partial charge in [0, 0.05) is 11.8 Å².